The van der Waals surface area contributed by atoms with E-state index in [4.69, 9.17) is 5.84 Å². The van der Waals surface area contributed by atoms with E-state index >= 15 is 0 Å². The summed E-state index contributed by atoms with van der Waals surface area (Å²) >= 11 is 0. The van der Waals surface area contributed by atoms with E-state index in [9.17, 15) is 9.59 Å². The van der Waals surface area contributed by atoms with Crippen LogP contribution < -0.4 is 10.7 Å². The van der Waals surface area contributed by atoms with Crippen molar-refractivity contribution in [2.75, 3.05) is 4.90 Å². The van der Waals surface area contributed by atoms with Crippen molar-refractivity contribution >= 4 is 23.2 Å². The second-order valence-electron chi connectivity index (χ2n) is 3.61. The van der Waals surface area contributed by atoms with Gasteiger partial charge in [-0.2, -0.15) is 5.10 Å². The molecule has 0 bridgehead atoms. The minimum Gasteiger partial charge on any atom is -0.323 e. The number of benzene rings is 1. The highest BCUT2D eigenvalue weighted by Crippen LogP contribution is 2.20. The van der Waals surface area contributed by atoms with Crippen molar-refractivity contribution in [3.05, 3.63) is 42.0 Å². The first-order chi connectivity index (χ1) is 8.13. The number of carbonyl (C=O) groups is 2. The summed E-state index contributed by atoms with van der Waals surface area (Å²) in [4.78, 5) is 24.1. The fourth-order valence-electron chi connectivity index (χ4n) is 1.60. The standard InChI is InChI=1S/C12H11N3O2/c1-8(14-13)9-3-2-4-10(7-9)15-11(16)5-6-12(15)17/h2-7H,13H2,1H3/b14-8+. The lowest BCUT2D eigenvalue weighted by Gasteiger charge is -2.14. The van der Waals surface area contributed by atoms with Crippen LogP contribution in [0.25, 0.3) is 0 Å². The molecule has 0 radical (unpaired) electrons. The smallest absolute Gasteiger partial charge is 0.258 e. The lowest BCUT2D eigenvalue weighted by molar-refractivity contribution is -0.119. The number of imide groups is 1. The zero-order chi connectivity index (χ0) is 12.4. The largest absolute Gasteiger partial charge is 0.323 e. The van der Waals surface area contributed by atoms with Crippen molar-refractivity contribution < 1.29 is 9.59 Å². The van der Waals surface area contributed by atoms with Crippen LogP contribution in [0.3, 0.4) is 0 Å². The maximum absolute atomic E-state index is 11.5. The summed E-state index contributed by atoms with van der Waals surface area (Å²) in [6.07, 6.45) is 2.50. The highest BCUT2D eigenvalue weighted by atomic mass is 16.2. The van der Waals surface area contributed by atoms with Gasteiger partial charge in [-0.15, -0.1) is 0 Å². The van der Waals surface area contributed by atoms with Gasteiger partial charge in [0.2, 0.25) is 0 Å². The Balaban J connectivity index is 2.41. The van der Waals surface area contributed by atoms with Crippen LogP contribution in [0, 0.1) is 0 Å². The van der Waals surface area contributed by atoms with Crippen LogP contribution in [0.15, 0.2) is 41.5 Å². The fraction of sp³-hybridized carbons (Fsp3) is 0.0833. The van der Waals surface area contributed by atoms with E-state index in [-0.39, 0.29) is 11.8 Å². The Kier molecular flexibility index (Phi) is 2.74. The number of nitrogens with zero attached hydrogens (tertiary/aromatic N) is 2. The normalized spacial score (nSPS) is 15.8. The molecule has 0 saturated carbocycles. The average Bonchev–Trinajstić information content (AvgIpc) is 2.68. The van der Waals surface area contributed by atoms with Gasteiger partial charge < -0.3 is 5.84 Å². The van der Waals surface area contributed by atoms with E-state index in [0.29, 0.717) is 11.4 Å². The van der Waals surface area contributed by atoms with Crippen molar-refractivity contribution in [3.8, 4) is 0 Å². The van der Waals surface area contributed by atoms with Gasteiger partial charge in [-0.05, 0) is 24.6 Å². The SMILES string of the molecule is C/C(=N\N)c1cccc(N2C(=O)C=CC2=O)c1. The molecule has 5 heteroatoms. The van der Waals surface area contributed by atoms with Gasteiger partial charge in [0.05, 0.1) is 11.4 Å². The van der Waals surface area contributed by atoms with E-state index in [2.05, 4.69) is 5.10 Å². The molecule has 17 heavy (non-hydrogen) atoms. The molecule has 0 atom stereocenters. The highest BCUT2D eigenvalue weighted by molar-refractivity contribution is 6.28. The second-order valence-corrected chi connectivity index (χ2v) is 3.61. The number of hydrogen-bond acceptors (Lipinski definition) is 4. The van der Waals surface area contributed by atoms with Gasteiger partial charge in [-0.1, -0.05) is 12.1 Å². The quantitative estimate of drug-likeness (QED) is 0.352. The van der Waals surface area contributed by atoms with E-state index in [1.165, 1.54) is 12.2 Å². The molecule has 1 aliphatic rings. The minimum atomic E-state index is -0.338. The maximum atomic E-state index is 11.5. The Morgan fingerprint density at radius 2 is 1.88 bits per heavy atom. The molecule has 1 aliphatic heterocycles. The van der Waals surface area contributed by atoms with Gasteiger partial charge >= 0.3 is 0 Å². The summed E-state index contributed by atoms with van der Waals surface area (Å²) in [7, 11) is 0. The number of hydrazone groups is 1. The summed E-state index contributed by atoms with van der Waals surface area (Å²) in [5, 5.41) is 3.58. The zero-order valence-corrected chi connectivity index (χ0v) is 9.25. The maximum Gasteiger partial charge on any atom is 0.258 e. The van der Waals surface area contributed by atoms with E-state index < -0.39 is 0 Å². The fourth-order valence-corrected chi connectivity index (χ4v) is 1.60. The van der Waals surface area contributed by atoms with Crippen LogP contribution in [-0.4, -0.2) is 17.5 Å². The molecule has 0 unspecified atom stereocenters. The number of anilines is 1. The lowest BCUT2D eigenvalue weighted by Crippen LogP contribution is -2.29. The minimum absolute atomic E-state index is 0.338. The predicted octanol–water partition coefficient (Wildman–Crippen LogP) is 0.799. The van der Waals surface area contributed by atoms with Gasteiger partial charge in [0.25, 0.3) is 11.8 Å². The van der Waals surface area contributed by atoms with Crippen molar-refractivity contribution in [1.29, 1.82) is 0 Å². The first-order valence-corrected chi connectivity index (χ1v) is 5.04. The van der Waals surface area contributed by atoms with E-state index in [0.717, 1.165) is 10.5 Å². The molecule has 0 saturated heterocycles. The number of hydrogen-bond donors (Lipinski definition) is 1. The molecule has 0 aromatic heterocycles. The Morgan fingerprint density at radius 1 is 1.24 bits per heavy atom. The summed E-state index contributed by atoms with van der Waals surface area (Å²) in [6, 6.07) is 6.95. The van der Waals surface area contributed by atoms with Gasteiger partial charge in [0.1, 0.15) is 0 Å². The second kappa shape index (κ2) is 4.21. The summed E-state index contributed by atoms with van der Waals surface area (Å²) in [5.74, 6) is 4.51. The molecule has 86 valence electrons. The first kappa shape index (κ1) is 11.1. The van der Waals surface area contributed by atoms with Crippen LogP contribution in [0.1, 0.15) is 12.5 Å². The Morgan fingerprint density at radius 3 is 2.47 bits per heavy atom. The number of rotatable bonds is 2. The Labute approximate surface area is 98.2 Å². The van der Waals surface area contributed by atoms with Crippen LogP contribution in [0.5, 0.6) is 0 Å². The van der Waals surface area contributed by atoms with Crippen LogP contribution in [0.2, 0.25) is 0 Å². The van der Waals surface area contributed by atoms with Crippen molar-refractivity contribution in [2.45, 2.75) is 6.92 Å². The summed E-state index contributed by atoms with van der Waals surface area (Å²) in [6.45, 7) is 1.75. The molecular formula is C12H11N3O2. The van der Waals surface area contributed by atoms with Crippen LogP contribution in [-0.2, 0) is 9.59 Å². The van der Waals surface area contributed by atoms with E-state index in [1.54, 1.807) is 25.1 Å². The van der Waals surface area contributed by atoms with Crippen molar-refractivity contribution in [1.82, 2.24) is 0 Å². The highest BCUT2D eigenvalue weighted by Gasteiger charge is 2.25. The van der Waals surface area contributed by atoms with Crippen LogP contribution >= 0.6 is 0 Å². The van der Waals surface area contributed by atoms with Gasteiger partial charge in [-0.25, -0.2) is 4.90 Å². The number of carbonyl (C=O) groups excluding carboxylic acids is 2. The molecule has 2 amide bonds. The van der Waals surface area contributed by atoms with Gasteiger partial charge in [0, 0.05) is 12.2 Å². The van der Waals surface area contributed by atoms with Gasteiger partial charge in [-0.3, -0.25) is 9.59 Å². The molecule has 2 N–H and O–H groups in total. The Bertz CT molecular complexity index is 528. The topological polar surface area (TPSA) is 75.8 Å². The summed E-state index contributed by atoms with van der Waals surface area (Å²) in [5.41, 5.74) is 1.93. The monoisotopic (exact) mass is 229 g/mol. The number of nitrogens with two attached hydrogens (primary N) is 1. The van der Waals surface area contributed by atoms with E-state index in [1.807, 2.05) is 6.07 Å². The Hall–Kier alpha value is -2.43. The number of amides is 2. The molecule has 1 aromatic carbocycles. The van der Waals surface area contributed by atoms with Crippen LogP contribution in [0.4, 0.5) is 5.69 Å². The zero-order valence-electron chi connectivity index (χ0n) is 9.25. The molecule has 5 nitrogen and oxygen atoms in total. The predicted molar refractivity (Wildman–Crippen MR) is 64.5 cm³/mol. The van der Waals surface area contributed by atoms with Crippen molar-refractivity contribution in [3.63, 3.8) is 0 Å². The average molecular weight is 229 g/mol. The molecule has 0 aliphatic carbocycles. The molecule has 1 aromatic rings. The molecule has 2 rings (SSSR count). The molecule has 1 heterocycles. The third-order valence-electron chi connectivity index (χ3n) is 2.53. The molecule has 0 fully saturated rings. The molecular weight excluding hydrogens is 218 g/mol. The third-order valence-corrected chi connectivity index (χ3v) is 2.53. The lowest BCUT2D eigenvalue weighted by atomic mass is 10.1. The first-order valence-electron chi connectivity index (χ1n) is 5.04. The molecule has 0 spiro atoms. The third kappa shape index (κ3) is 1.94. The van der Waals surface area contributed by atoms with Gasteiger partial charge in [0.15, 0.2) is 0 Å². The van der Waals surface area contributed by atoms with Crippen molar-refractivity contribution in [2.24, 2.45) is 10.9 Å². The summed E-state index contributed by atoms with van der Waals surface area (Å²) < 4.78 is 0.